The minimum Gasteiger partial charge on any atom is -0.461 e. The Kier molecular flexibility index (Phi) is 12.7. The highest BCUT2D eigenvalue weighted by molar-refractivity contribution is 6.74. The van der Waals surface area contributed by atoms with Crippen LogP contribution in [0.2, 0.25) is 18.1 Å². The number of esters is 1. The molecule has 2 unspecified atom stereocenters. The van der Waals surface area contributed by atoms with Gasteiger partial charge in [-0.1, -0.05) is 84.9 Å². The zero-order chi connectivity index (χ0) is 37.0. The summed E-state index contributed by atoms with van der Waals surface area (Å²) >= 11 is 0. The second-order valence-corrected chi connectivity index (χ2v) is 20.5. The Morgan fingerprint density at radius 3 is 2.34 bits per heavy atom. The number of imide groups is 1. The summed E-state index contributed by atoms with van der Waals surface area (Å²) in [6.07, 6.45) is -0.231. The zero-order valence-electron chi connectivity index (χ0n) is 31.1. The lowest BCUT2D eigenvalue weighted by atomic mass is 9.94. The molecule has 12 heteroatoms. The monoisotopic (exact) mass is 708 g/mol. The number of aliphatic hydroxyl groups excluding tert-OH is 1. The van der Waals surface area contributed by atoms with E-state index in [4.69, 9.17) is 19.3 Å². The molecule has 3 N–H and O–H groups in total. The van der Waals surface area contributed by atoms with E-state index in [2.05, 4.69) is 38.8 Å². The Labute approximate surface area is 297 Å². The minimum atomic E-state index is -1.98. The highest BCUT2D eigenvalue weighted by atomic mass is 28.4. The summed E-state index contributed by atoms with van der Waals surface area (Å²) in [4.78, 5) is 48.7. The first-order valence-corrected chi connectivity index (χ1v) is 20.6. The third kappa shape index (κ3) is 9.20. The lowest BCUT2D eigenvalue weighted by Gasteiger charge is -2.40. The molecule has 1 aliphatic rings. The number of ether oxygens (including phenoxy) is 1. The van der Waals surface area contributed by atoms with E-state index < -0.39 is 56.4 Å². The summed E-state index contributed by atoms with van der Waals surface area (Å²) in [5, 5.41) is 11.9. The zero-order valence-corrected chi connectivity index (χ0v) is 32.1. The molecule has 3 amide bonds. The normalized spacial score (nSPS) is 17.3. The van der Waals surface area contributed by atoms with E-state index in [1.54, 1.807) is 19.9 Å². The van der Waals surface area contributed by atoms with Crippen molar-refractivity contribution in [3.05, 3.63) is 65.5 Å². The van der Waals surface area contributed by atoms with Crippen LogP contribution < -0.4 is 5.73 Å². The highest BCUT2D eigenvalue weighted by Gasteiger charge is 2.45. The smallest absolute Gasteiger partial charge is 0.327 e. The Morgan fingerprint density at radius 1 is 1.04 bits per heavy atom. The van der Waals surface area contributed by atoms with Crippen molar-refractivity contribution < 1.29 is 33.1 Å². The van der Waals surface area contributed by atoms with Crippen LogP contribution in [-0.2, 0) is 32.0 Å². The molecule has 4 atom stereocenters. The van der Waals surface area contributed by atoms with Crippen LogP contribution in [-0.4, -0.2) is 70.8 Å². The summed E-state index contributed by atoms with van der Waals surface area (Å²) in [5.74, 6) is -1.73. The number of nitrogens with two attached hydrogens (primary N) is 1. The van der Waals surface area contributed by atoms with Gasteiger partial charge in [-0.15, -0.1) is 0 Å². The van der Waals surface area contributed by atoms with Crippen LogP contribution >= 0.6 is 0 Å². The third-order valence-corrected chi connectivity index (χ3v) is 14.6. The number of aliphatic hydroxyl groups is 1. The first-order chi connectivity index (χ1) is 23.4. The summed E-state index contributed by atoms with van der Waals surface area (Å²) in [6.45, 7) is 19.1. The van der Waals surface area contributed by atoms with E-state index in [-0.39, 0.29) is 29.9 Å². The van der Waals surface area contributed by atoms with Gasteiger partial charge < -0.3 is 29.3 Å². The number of rotatable bonds is 13. The molecule has 11 nitrogen and oxygen atoms in total. The standard InChI is InChI=1S/C38H56N4O7Si/c1-24(2)32(39)36(45)42(37(46)41-19-13-16-28(41)21-31(43)47-22-26-14-11-10-12-15-26)33(25(3)4)34(44)35-40-29-20-27(17-18-30(29)49-35)23-48-50(8,9)38(5,6)7/h10-12,14-15,17-18,20,24-25,28,32-34,44H,13,16,19,21-23,39H2,1-9H3/t28?,32-,33-,34?/m0/s1. The lowest BCUT2D eigenvalue weighted by molar-refractivity contribution is -0.146. The van der Waals surface area contributed by atoms with Gasteiger partial charge in [0.25, 0.3) is 0 Å². The largest absolute Gasteiger partial charge is 0.461 e. The number of fused-ring (bicyclic) bond motifs is 1. The van der Waals surface area contributed by atoms with Gasteiger partial charge >= 0.3 is 12.0 Å². The Bertz CT molecular complexity index is 1620. The molecule has 1 aliphatic heterocycles. The van der Waals surface area contributed by atoms with Gasteiger partial charge in [0.2, 0.25) is 11.8 Å². The number of carbonyl (C=O) groups excluding carboxylic acids is 3. The number of urea groups is 1. The molecule has 2 aromatic carbocycles. The predicted octanol–water partition coefficient (Wildman–Crippen LogP) is 6.94. The predicted molar refractivity (Wildman–Crippen MR) is 195 cm³/mol. The van der Waals surface area contributed by atoms with E-state index in [1.807, 2.05) is 56.3 Å². The van der Waals surface area contributed by atoms with E-state index >= 15 is 0 Å². The van der Waals surface area contributed by atoms with Gasteiger partial charge in [0.15, 0.2) is 20.0 Å². The van der Waals surface area contributed by atoms with Crippen molar-refractivity contribution in [1.82, 2.24) is 14.8 Å². The molecule has 1 aromatic heterocycles. The third-order valence-electron chi connectivity index (χ3n) is 10.1. The van der Waals surface area contributed by atoms with Crippen LogP contribution in [0, 0.1) is 11.8 Å². The fourth-order valence-electron chi connectivity index (χ4n) is 5.88. The number of oxazole rings is 1. The molecule has 0 saturated carbocycles. The second-order valence-electron chi connectivity index (χ2n) is 15.7. The van der Waals surface area contributed by atoms with Crippen LogP contribution in [0.25, 0.3) is 11.1 Å². The van der Waals surface area contributed by atoms with Gasteiger partial charge in [-0.2, -0.15) is 0 Å². The number of hydrogen-bond donors (Lipinski definition) is 2. The van der Waals surface area contributed by atoms with Crippen molar-refractivity contribution in [2.24, 2.45) is 17.6 Å². The molecular weight excluding hydrogens is 653 g/mol. The molecular formula is C38H56N4O7Si. The first kappa shape index (κ1) is 39.2. The van der Waals surface area contributed by atoms with Crippen LogP contribution in [0.1, 0.15) is 90.9 Å². The molecule has 0 radical (unpaired) electrons. The summed E-state index contributed by atoms with van der Waals surface area (Å²) in [5.41, 5.74) is 9.18. The number of amides is 3. The fourth-order valence-corrected chi connectivity index (χ4v) is 6.84. The topological polar surface area (TPSA) is 148 Å². The van der Waals surface area contributed by atoms with Gasteiger partial charge in [-0.05, 0) is 66.1 Å². The van der Waals surface area contributed by atoms with Crippen LogP contribution in [0.15, 0.2) is 52.9 Å². The summed E-state index contributed by atoms with van der Waals surface area (Å²) < 4.78 is 18.0. The number of hydrogen-bond acceptors (Lipinski definition) is 9. The van der Waals surface area contributed by atoms with Crippen molar-refractivity contribution in [1.29, 1.82) is 0 Å². The molecule has 50 heavy (non-hydrogen) atoms. The Balaban J connectivity index is 1.59. The molecule has 0 aliphatic carbocycles. The first-order valence-electron chi connectivity index (χ1n) is 17.7. The maximum absolute atomic E-state index is 14.5. The molecule has 1 saturated heterocycles. The van der Waals surface area contributed by atoms with Crippen LogP contribution in [0.4, 0.5) is 4.79 Å². The van der Waals surface area contributed by atoms with Gasteiger partial charge in [-0.25, -0.2) is 9.78 Å². The van der Waals surface area contributed by atoms with Gasteiger partial charge in [0.05, 0.1) is 25.1 Å². The van der Waals surface area contributed by atoms with Crippen molar-refractivity contribution in [2.45, 2.75) is 123 Å². The molecule has 3 aromatic rings. The van der Waals surface area contributed by atoms with Crippen molar-refractivity contribution in [2.75, 3.05) is 6.54 Å². The number of carbonyl (C=O) groups is 3. The number of aromatic nitrogens is 1. The van der Waals surface area contributed by atoms with E-state index in [1.165, 1.54) is 4.90 Å². The molecule has 0 bridgehead atoms. The van der Waals surface area contributed by atoms with Crippen molar-refractivity contribution in [3.63, 3.8) is 0 Å². The Morgan fingerprint density at radius 2 is 1.72 bits per heavy atom. The van der Waals surface area contributed by atoms with Crippen LogP contribution in [0.5, 0.6) is 0 Å². The Hall–Kier alpha value is -3.58. The molecule has 2 heterocycles. The molecule has 0 spiro atoms. The number of benzene rings is 2. The summed E-state index contributed by atoms with van der Waals surface area (Å²) in [7, 11) is -1.98. The van der Waals surface area contributed by atoms with Gasteiger partial charge in [-0.3, -0.25) is 14.5 Å². The highest BCUT2D eigenvalue weighted by Crippen LogP contribution is 2.37. The van der Waals surface area contributed by atoms with E-state index in [9.17, 15) is 19.5 Å². The fraction of sp³-hybridized carbons (Fsp3) is 0.579. The van der Waals surface area contributed by atoms with E-state index in [0.717, 1.165) is 16.0 Å². The van der Waals surface area contributed by atoms with Gasteiger partial charge in [0.1, 0.15) is 12.1 Å². The maximum atomic E-state index is 14.5. The number of nitrogens with zero attached hydrogens (tertiary/aromatic N) is 3. The van der Waals surface area contributed by atoms with Gasteiger partial charge in [0, 0.05) is 12.6 Å². The maximum Gasteiger partial charge on any atom is 0.327 e. The van der Waals surface area contributed by atoms with Crippen molar-refractivity contribution >= 4 is 37.3 Å². The second kappa shape index (κ2) is 16.2. The molecule has 1 fully saturated rings. The summed E-state index contributed by atoms with van der Waals surface area (Å²) in [6, 6.07) is 11.8. The number of likely N-dealkylation sites (tertiary alicyclic amines) is 1. The van der Waals surface area contributed by atoms with E-state index in [0.29, 0.717) is 37.1 Å². The minimum absolute atomic E-state index is 0.00709. The molecule has 4 rings (SSSR count). The van der Waals surface area contributed by atoms with Crippen LogP contribution in [0.3, 0.4) is 0 Å². The molecule has 274 valence electrons. The average Bonchev–Trinajstić information content (AvgIpc) is 3.70. The average molecular weight is 709 g/mol. The SMILES string of the molecule is CC(C)[C@@H](C(O)c1nc2cc(CO[Si](C)(C)C(C)(C)C)ccc2o1)N(C(=O)[C@@H](N)C(C)C)C(=O)N1CCCC1CC(=O)OCc1ccccc1. The quantitative estimate of drug-likeness (QED) is 0.142. The lowest BCUT2D eigenvalue weighted by Crippen LogP contribution is -2.60. The van der Waals surface area contributed by atoms with Crippen molar-refractivity contribution in [3.8, 4) is 0 Å².